The molecule has 2 N–H and O–H groups in total. The molecule has 2 aromatic rings. The van der Waals surface area contributed by atoms with E-state index in [4.69, 9.17) is 5.11 Å². The van der Waals surface area contributed by atoms with Crippen molar-refractivity contribution in [3.8, 4) is 0 Å². The highest BCUT2D eigenvalue weighted by molar-refractivity contribution is 7.98. The third-order valence-electron chi connectivity index (χ3n) is 4.36. The van der Waals surface area contributed by atoms with Crippen LogP contribution in [-0.4, -0.2) is 56.7 Å². The SMILES string of the molecule is CSc1nc2sc3c(n2c(=O)c1C(=O)NCC(=O)O)CCN(C(C)C)C3. The average molecular weight is 396 g/mol. The van der Waals surface area contributed by atoms with Crippen molar-refractivity contribution in [3.63, 3.8) is 0 Å². The molecule has 0 atom stereocenters. The molecule has 1 amide bonds. The number of carbonyl (C=O) groups excluding carboxylic acids is 1. The molecule has 0 aliphatic carbocycles. The molecule has 26 heavy (non-hydrogen) atoms. The zero-order valence-corrected chi connectivity index (χ0v) is 16.4. The molecule has 1 aliphatic heterocycles. The fourth-order valence-corrected chi connectivity index (χ4v) is 4.80. The summed E-state index contributed by atoms with van der Waals surface area (Å²) in [5, 5.41) is 11.3. The lowest BCUT2D eigenvalue weighted by atomic mass is 10.1. The molecule has 0 fully saturated rings. The molecule has 0 bridgehead atoms. The summed E-state index contributed by atoms with van der Waals surface area (Å²) in [6, 6.07) is 0.414. The van der Waals surface area contributed by atoms with Crippen LogP contribution in [0.4, 0.5) is 0 Å². The van der Waals surface area contributed by atoms with Crippen LogP contribution in [0, 0.1) is 0 Å². The van der Waals surface area contributed by atoms with Gasteiger partial charge in [0.25, 0.3) is 11.5 Å². The summed E-state index contributed by atoms with van der Waals surface area (Å²) in [6.07, 6.45) is 2.45. The Hall–Kier alpha value is -1.91. The lowest BCUT2D eigenvalue weighted by molar-refractivity contribution is -0.135. The van der Waals surface area contributed by atoms with Gasteiger partial charge in [-0.05, 0) is 20.1 Å². The quantitative estimate of drug-likeness (QED) is 0.575. The smallest absolute Gasteiger partial charge is 0.322 e. The van der Waals surface area contributed by atoms with Crippen LogP contribution < -0.4 is 10.9 Å². The van der Waals surface area contributed by atoms with E-state index >= 15 is 0 Å². The van der Waals surface area contributed by atoms with Gasteiger partial charge in [0.1, 0.15) is 17.1 Å². The van der Waals surface area contributed by atoms with Gasteiger partial charge in [-0.2, -0.15) is 0 Å². The van der Waals surface area contributed by atoms with Crippen molar-refractivity contribution < 1.29 is 14.7 Å². The topological polar surface area (TPSA) is 104 Å². The lowest BCUT2D eigenvalue weighted by Crippen LogP contribution is -2.38. The number of nitrogens with zero attached hydrogens (tertiary/aromatic N) is 3. The third kappa shape index (κ3) is 3.36. The predicted octanol–water partition coefficient (Wildman–Crippen LogP) is 1.06. The van der Waals surface area contributed by atoms with Gasteiger partial charge in [0.2, 0.25) is 0 Å². The molecule has 8 nitrogen and oxygen atoms in total. The summed E-state index contributed by atoms with van der Waals surface area (Å²) in [6.45, 7) is 5.34. The second kappa shape index (κ2) is 7.37. The van der Waals surface area contributed by atoms with Crippen molar-refractivity contribution in [2.24, 2.45) is 0 Å². The lowest BCUT2D eigenvalue weighted by Gasteiger charge is -2.29. The Balaban J connectivity index is 2.10. The summed E-state index contributed by atoms with van der Waals surface area (Å²) in [5.74, 6) is -1.87. The highest BCUT2D eigenvalue weighted by Gasteiger charge is 2.27. The highest BCUT2D eigenvalue weighted by Crippen LogP contribution is 2.29. The van der Waals surface area contributed by atoms with Crippen LogP contribution in [0.5, 0.6) is 0 Å². The van der Waals surface area contributed by atoms with E-state index in [9.17, 15) is 14.4 Å². The van der Waals surface area contributed by atoms with Gasteiger partial charge in [-0.25, -0.2) is 4.98 Å². The summed E-state index contributed by atoms with van der Waals surface area (Å²) in [7, 11) is 0. The van der Waals surface area contributed by atoms with Gasteiger partial charge in [-0.1, -0.05) is 11.3 Å². The normalized spacial score (nSPS) is 14.6. The maximum atomic E-state index is 13.0. The van der Waals surface area contributed by atoms with Crippen molar-refractivity contribution in [1.82, 2.24) is 19.6 Å². The number of carbonyl (C=O) groups is 2. The van der Waals surface area contributed by atoms with Gasteiger partial charge >= 0.3 is 5.97 Å². The fraction of sp³-hybridized carbons (Fsp3) is 0.500. The van der Waals surface area contributed by atoms with Crippen molar-refractivity contribution in [2.45, 2.75) is 37.9 Å². The number of aliphatic carboxylic acids is 1. The summed E-state index contributed by atoms with van der Waals surface area (Å²) in [5.41, 5.74) is 0.375. The third-order valence-corrected chi connectivity index (χ3v) is 6.11. The van der Waals surface area contributed by atoms with E-state index < -0.39 is 24.0 Å². The number of carboxylic acids is 1. The number of rotatable bonds is 5. The van der Waals surface area contributed by atoms with Crippen molar-refractivity contribution in [2.75, 3.05) is 19.3 Å². The molecule has 140 valence electrons. The second-order valence-electron chi connectivity index (χ2n) is 6.28. The van der Waals surface area contributed by atoms with Crippen molar-refractivity contribution >= 4 is 39.9 Å². The molecular formula is C16H20N4O4S2. The minimum Gasteiger partial charge on any atom is -0.480 e. The van der Waals surface area contributed by atoms with Gasteiger partial charge in [0, 0.05) is 36.1 Å². The number of amides is 1. The van der Waals surface area contributed by atoms with Crippen LogP contribution in [0.2, 0.25) is 0 Å². The van der Waals surface area contributed by atoms with Crippen LogP contribution in [0.15, 0.2) is 9.82 Å². The number of carboxylic acid groups (broad SMARTS) is 1. The van der Waals surface area contributed by atoms with E-state index in [1.54, 1.807) is 6.26 Å². The van der Waals surface area contributed by atoms with E-state index in [0.29, 0.717) is 22.4 Å². The molecule has 0 unspecified atom stereocenters. The Kier molecular flexibility index (Phi) is 5.35. The standard InChI is InChI=1S/C16H20N4O4S2/c1-8(2)19-5-4-9-10(7-19)26-16-18-14(25-3)12(15(24)20(9)16)13(23)17-6-11(21)22/h8H,4-7H2,1-3H3,(H,17,23)(H,21,22). The van der Waals surface area contributed by atoms with Gasteiger partial charge in [0.15, 0.2) is 4.96 Å². The fourth-order valence-electron chi connectivity index (χ4n) is 3.00. The monoisotopic (exact) mass is 396 g/mol. The molecule has 0 saturated carbocycles. The maximum absolute atomic E-state index is 13.0. The zero-order valence-electron chi connectivity index (χ0n) is 14.7. The molecular weight excluding hydrogens is 376 g/mol. The van der Waals surface area contributed by atoms with E-state index in [0.717, 1.165) is 23.7 Å². The molecule has 3 heterocycles. The first kappa shape index (κ1) is 18.9. The number of nitrogens with one attached hydrogen (secondary N) is 1. The maximum Gasteiger partial charge on any atom is 0.322 e. The van der Waals surface area contributed by atoms with E-state index in [2.05, 4.69) is 29.0 Å². The number of thiazole rings is 1. The van der Waals surface area contributed by atoms with Gasteiger partial charge < -0.3 is 10.4 Å². The Morgan fingerprint density at radius 2 is 2.15 bits per heavy atom. The first-order valence-corrected chi connectivity index (χ1v) is 10.2. The predicted molar refractivity (Wildman–Crippen MR) is 100 cm³/mol. The Morgan fingerprint density at radius 1 is 1.42 bits per heavy atom. The number of fused-ring (bicyclic) bond motifs is 3. The van der Waals surface area contributed by atoms with Gasteiger partial charge in [-0.15, -0.1) is 11.8 Å². The second-order valence-corrected chi connectivity index (χ2v) is 8.14. The van der Waals surface area contributed by atoms with Gasteiger partial charge in [0.05, 0.1) is 0 Å². The first-order chi connectivity index (χ1) is 12.3. The van der Waals surface area contributed by atoms with Gasteiger partial charge in [-0.3, -0.25) is 23.7 Å². The summed E-state index contributed by atoms with van der Waals surface area (Å²) in [4.78, 5) is 44.6. The van der Waals surface area contributed by atoms with Crippen LogP contribution in [0.25, 0.3) is 4.96 Å². The minimum absolute atomic E-state index is 0.0943. The number of thioether (sulfide) groups is 1. The number of hydrogen-bond acceptors (Lipinski definition) is 7. The molecule has 10 heteroatoms. The van der Waals surface area contributed by atoms with E-state index in [1.165, 1.54) is 27.5 Å². The van der Waals surface area contributed by atoms with E-state index in [1.807, 2.05) is 0 Å². The first-order valence-electron chi connectivity index (χ1n) is 8.18. The number of aromatic nitrogens is 2. The molecule has 0 spiro atoms. The van der Waals surface area contributed by atoms with Crippen LogP contribution in [0.1, 0.15) is 34.8 Å². The van der Waals surface area contributed by atoms with Crippen LogP contribution >= 0.6 is 23.1 Å². The van der Waals surface area contributed by atoms with Crippen molar-refractivity contribution in [1.29, 1.82) is 0 Å². The van der Waals surface area contributed by atoms with Crippen LogP contribution in [-0.2, 0) is 17.8 Å². The Morgan fingerprint density at radius 3 is 2.77 bits per heavy atom. The molecule has 0 aromatic carbocycles. The average Bonchev–Trinajstić information content (AvgIpc) is 2.96. The van der Waals surface area contributed by atoms with Crippen molar-refractivity contribution in [3.05, 3.63) is 26.5 Å². The highest BCUT2D eigenvalue weighted by atomic mass is 32.2. The molecule has 2 aromatic heterocycles. The summed E-state index contributed by atoms with van der Waals surface area (Å²) >= 11 is 2.68. The molecule has 1 aliphatic rings. The Labute approximate surface area is 158 Å². The van der Waals surface area contributed by atoms with Crippen LogP contribution in [0.3, 0.4) is 0 Å². The Bertz CT molecular complexity index is 934. The summed E-state index contributed by atoms with van der Waals surface area (Å²) < 4.78 is 1.52. The molecule has 0 saturated heterocycles. The minimum atomic E-state index is -1.17. The zero-order chi connectivity index (χ0) is 19.0. The molecule has 0 radical (unpaired) electrons. The molecule has 3 rings (SSSR count). The van der Waals surface area contributed by atoms with E-state index in [-0.39, 0.29) is 5.56 Å². The number of hydrogen-bond donors (Lipinski definition) is 2. The largest absolute Gasteiger partial charge is 0.480 e.